The molecule has 7 nitrogen and oxygen atoms in total. The highest BCUT2D eigenvalue weighted by Crippen LogP contribution is 2.40. The van der Waals surface area contributed by atoms with Gasteiger partial charge in [-0.3, -0.25) is 14.6 Å². The first-order valence-electron chi connectivity index (χ1n) is 11.1. The second kappa shape index (κ2) is 9.69. The fourth-order valence-corrected chi connectivity index (χ4v) is 4.11. The maximum Gasteiger partial charge on any atom is 0.296 e. The molecule has 4 aromatic rings. The van der Waals surface area contributed by atoms with Gasteiger partial charge in [0.2, 0.25) is 0 Å². The fraction of sp³-hybridized carbons (Fsp3) is 0.107. The summed E-state index contributed by atoms with van der Waals surface area (Å²) in [6, 6.07) is 22.8. The molecule has 0 bridgehead atoms. The molecular formula is C28H22N2O5. The van der Waals surface area contributed by atoms with Crippen LogP contribution < -0.4 is 4.74 Å². The minimum atomic E-state index is -0.795. The number of likely N-dealkylation sites (tertiary alicyclic amines) is 1. The summed E-state index contributed by atoms with van der Waals surface area (Å²) in [7, 11) is 0. The van der Waals surface area contributed by atoms with E-state index >= 15 is 0 Å². The highest BCUT2D eigenvalue weighted by Gasteiger charge is 2.46. The summed E-state index contributed by atoms with van der Waals surface area (Å²) in [5, 5.41) is 11.1. The van der Waals surface area contributed by atoms with Crippen molar-refractivity contribution >= 4 is 17.4 Å². The van der Waals surface area contributed by atoms with Gasteiger partial charge in [-0.15, -0.1) is 0 Å². The quantitative estimate of drug-likeness (QED) is 0.237. The molecule has 35 heavy (non-hydrogen) atoms. The Labute approximate surface area is 201 Å². The number of carbonyl (C=O) groups is 2. The number of carbonyl (C=O) groups excluding carboxylic acids is 2. The van der Waals surface area contributed by atoms with Crippen LogP contribution >= 0.6 is 0 Å². The third-order valence-corrected chi connectivity index (χ3v) is 5.84. The summed E-state index contributed by atoms with van der Waals surface area (Å²) >= 11 is 0. The van der Waals surface area contributed by atoms with Crippen molar-refractivity contribution in [3.63, 3.8) is 0 Å². The van der Waals surface area contributed by atoms with Crippen LogP contribution in [0.4, 0.5) is 0 Å². The minimum Gasteiger partial charge on any atom is -0.507 e. The Kier molecular flexibility index (Phi) is 6.13. The van der Waals surface area contributed by atoms with E-state index in [0.717, 1.165) is 5.56 Å². The lowest BCUT2D eigenvalue weighted by Crippen LogP contribution is -2.29. The summed E-state index contributed by atoms with van der Waals surface area (Å²) in [4.78, 5) is 31.5. The molecule has 5 rings (SSSR count). The van der Waals surface area contributed by atoms with Gasteiger partial charge in [-0.2, -0.15) is 0 Å². The monoisotopic (exact) mass is 466 g/mol. The average Bonchev–Trinajstić information content (AvgIpc) is 3.51. The number of ketones is 1. The van der Waals surface area contributed by atoms with Gasteiger partial charge in [0.1, 0.15) is 23.9 Å². The summed E-state index contributed by atoms with van der Waals surface area (Å²) < 4.78 is 11.3. The smallest absolute Gasteiger partial charge is 0.296 e. The lowest BCUT2D eigenvalue weighted by Gasteiger charge is -2.24. The standard InChI is InChI=1S/C28H22N2O5/c31-26(21-12-14-29-15-13-21)24-25(30(28(33)27(24)32)17-23-7-4-16-34-23)20-8-10-22(11-9-20)35-18-19-5-2-1-3-6-19/h1-16,25,31H,17-18H2/b26-24-. The van der Waals surface area contributed by atoms with Gasteiger partial charge < -0.3 is 19.2 Å². The number of aromatic nitrogens is 1. The van der Waals surface area contributed by atoms with Crippen molar-refractivity contribution in [3.8, 4) is 5.75 Å². The number of Topliss-reactive ketones (excluding diaryl/α,β-unsaturated/α-hetero) is 1. The van der Waals surface area contributed by atoms with Crippen LogP contribution in [0.25, 0.3) is 5.76 Å². The zero-order valence-electron chi connectivity index (χ0n) is 18.7. The van der Waals surface area contributed by atoms with Gasteiger partial charge in [0.25, 0.3) is 11.7 Å². The van der Waals surface area contributed by atoms with Gasteiger partial charge in [0.05, 0.1) is 24.4 Å². The summed E-state index contributed by atoms with van der Waals surface area (Å²) in [5.41, 5.74) is 2.13. The van der Waals surface area contributed by atoms with E-state index in [0.29, 0.717) is 29.2 Å². The molecule has 1 aliphatic heterocycles. The predicted molar refractivity (Wildman–Crippen MR) is 128 cm³/mol. The van der Waals surface area contributed by atoms with E-state index in [1.54, 1.807) is 48.5 Å². The van der Waals surface area contributed by atoms with E-state index in [2.05, 4.69) is 4.98 Å². The van der Waals surface area contributed by atoms with Gasteiger partial charge in [0, 0.05) is 18.0 Å². The molecule has 1 aliphatic rings. The molecule has 174 valence electrons. The SMILES string of the molecule is O=C1C(=O)N(Cc2ccco2)C(c2ccc(OCc3ccccc3)cc2)/C1=C(/O)c1ccncc1. The third-order valence-electron chi connectivity index (χ3n) is 5.84. The summed E-state index contributed by atoms with van der Waals surface area (Å²) in [6.07, 6.45) is 4.54. The van der Waals surface area contributed by atoms with Crippen molar-refractivity contribution in [1.29, 1.82) is 0 Å². The van der Waals surface area contributed by atoms with Crippen molar-refractivity contribution in [3.05, 3.63) is 126 Å². The number of amides is 1. The van der Waals surface area contributed by atoms with Gasteiger partial charge in [-0.25, -0.2) is 0 Å². The van der Waals surface area contributed by atoms with Gasteiger partial charge in [-0.1, -0.05) is 42.5 Å². The molecule has 1 atom stereocenters. The highest BCUT2D eigenvalue weighted by molar-refractivity contribution is 6.46. The van der Waals surface area contributed by atoms with Crippen LogP contribution in [-0.4, -0.2) is 26.7 Å². The molecule has 2 aromatic carbocycles. The van der Waals surface area contributed by atoms with Crippen LogP contribution in [0.3, 0.4) is 0 Å². The van der Waals surface area contributed by atoms with E-state index in [1.165, 1.54) is 23.6 Å². The summed E-state index contributed by atoms with van der Waals surface area (Å²) in [5.74, 6) is -0.521. The zero-order valence-corrected chi connectivity index (χ0v) is 18.7. The van der Waals surface area contributed by atoms with Crippen LogP contribution in [-0.2, 0) is 22.7 Å². The number of nitrogens with zero attached hydrogens (tertiary/aromatic N) is 2. The number of furan rings is 1. The van der Waals surface area contributed by atoms with Crippen molar-refractivity contribution in [2.75, 3.05) is 0 Å². The van der Waals surface area contributed by atoms with Crippen molar-refractivity contribution < 1.29 is 23.8 Å². The zero-order chi connectivity index (χ0) is 24.2. The Morgan fingerprint density at radius 3 is 2.37 bits per heavy atom. The molecule has 1 saturated heterocycles. The van der Waals surface area contributed by atoms with E-state index in [9.17, 15) is 14.7 Å². The Morgan fingerprint density at radius 1 is 0.943 bits per heavy atom. The van der Waals surface area contributed by atoms with Gasteiger partial charge in [0.15, 0.2) is 0 Å². The van der Waals surface area contributed by atoms with Crippen molar-refractivity contribution in [2.24, 2.45) is 0 Å². The molecule has 0 saturated carbocycles. The molecule has 2 aromatic heterocycles. The molecule has 1 unspecified atom stereocenters. The molecule has 1 amide bonds. The maximum absolute atomic E-state index is 13.1. The Morgan fingerprint density at radius 2 is 1.69 bits per heavy atom. The predicted octanol–water partition coefficient (Wildman–Crippen LogP) is 4.88. The van der Waals surface area contributed by atoms with Crippen molar-refractivity contribution in [2.45, 2.75) is 19.2 Å². The minimum absolute atomic E-state index is 0.0192. The molecule has 0 aliphatic carbocycles. The van der Waals surface area contributed by atoms with Crippen LogP contribution in [0.2, 0.25) is 0 Å². The molecule has 1 N–H and O–H groups in total. The molecular weight excluding hydrogens is 444 g/mol. The lowest BCUT2D eigenvalue weighted by molar-refractivity contribution is -0.140. The number of aliphatic hydroxyl groups is 1. The molecule has 3 heterocycles. The first-order valence-corrected chi connectivity index (χ1v) is 11.1. The highest BCUT2D eigenvalue weighted by atomic mass is 16.5. The second-order valence-corrected chi connectivity index (χ2v) is 8.09. The number of hydrogen-bond acceptors (Lipinski definition) is 6. The first kappa shape index (κ1) is 22.2. The van der Waals surface area contributed by atoms with Crippen LogP contribution in [0.5, 0.6) is 5.75 Å². The molecule has 1 fully saturated rings. The van der Waals surface area contributed by atoms with Crippen LogP contribution in [0, 0.1) is 0 Å². The van der Waals surface area contributed by atoms with E-state index in [4.69, 9.17) is 9.15 Å². The fourth-order valence-electron chi connectivity index (χ4n) is 4.11. The summed E-state index contributed by atoms with van der Waals surface area (Å²) in [6.45, 7) is 0.501. The van der Waals surface area contributed by atoms with E-state index < -0.39 is 17.7 Å². The topological polar surface area (TPSA) is 92.9 Å². The normalized spacial score (nSPS) is 17.0. The van der Waals surface area contributed by atoms with Gasteiger partial charge in [-0.05, 0) is 47.5 Å². The molecule has 0 radical (unpaired) electrons. The van der Waals surface area contributed by atoms with E-state index in [-0.39, 0.29) is 17.9 Å². The van der Waals surface area contributed by atoms with Gasteiger partial charge >= 0.3 is 0 Å². The Hall–Kier alpha value is -4.65. The number of hydrogen-bond donors (Lipinski definition) is 1. The first-order chi connectivity index (χ1) is 17.1. The van der Waals surface area contributed by atoms with E-state index in [1.807, 2.05) is 30.3 Å². The van der Waals surface area contributed by atoms with Crippen molar-refractivity contribution in [1.82, 2.24) is 9.88 Å². The lowest BCUT2D eigenvalue weighted by atomic mass is 9.95. The average molecular weight is 466 g/mol. The Balaban J connectivity index is 1.50. The number of ether oxygens (including phenoxy) is 1. The largest absolute Gasteiger partial charge is 0.507 e. The second-order valence-electron chi connectivity index (χ2n) is 8.09. The number of pyridine rings is 1. The van der Waals surface area contributed by atoms with Crippen LogP contribution in [0.1, 0.15) is 28.5 Å². The third kappa shape index (κ3) is 4.56. The van der Waals surface area contributed by atoms with Crippen LogP contribution in [0.15, 0.2) is 108 Å². The number of benzene rings is 2. The molecule has 0 spiro atoms. The number of rotatable bonds is 7. The number of aliphatic hydroxyl groups excluding tert-OH is 1. The maximum atomic E-state index is 13.1. The Bertz CT molecular complexity index is 1350. The molecule has 7 heteroatoms.